The summed E-state index contributed by atoms with van der Waals surface area (Å²) in [4.78, 5) is 0. The fourth-order valence-corrected chi connectivity index (χ4v) is 3.39. The first kappa shape index (κ1) is 14.2. The number of nitrogens with one attached hydrogen (secondary N) is 2. The molecule has 2 aliphatic rings. The van der Waals surface area contributed by atoms with Crippen LogP contribution in [0.25, 0.3) is 0 Å². The normalized spacial score (nSPS) is 15.3. The third-order valence-electron chi connectivity index (χ3n) is 4.41. The minimum Gasteiger partial charge on any atom is -0.490 e. The number of para-hydroxylation sites is 1. The number of hydrogen-bond donors (Lipinski definition) is 2. The van der Waals surface area contributed by atoms with Gasteiger partial charge in [-0.15, -0.1) is 0 Å². The Kier molecular flexibility index (Phi) is 3.74. The van der Waals surface area contributed by atoms with Crippen molar-refractivity contribution in [1.82, 2.24) is 0 Å². The second kappa shape index (κ2) is 6.03. The number of rotatable bonds is 3. The van der Waals surface area contributed by atoms with Crippen LogP contribution < -0.4 is 20.1 Å². The summed E-state index contributed by atoms with van der Waals surface area (Å²) in [6.07, 6.45) is 1.93. The Hall–Kier alpha value is -2.36. The van der Waals surface area contributed by atoms with Gasteiger partial charge in [-0.3, -0.25) is 0 Å². The second-order valence-electron chi connectivity index (χ2n) is 6.14. The van der Waals surface area contributed by atoms with E-state index < -0.39 is 0 Å². The predicted octanol–water partition coefficient (Wildman–Crippen LogP) is 3.39. The summed E-state index contributed by atoms with van der Waals surface area (Å²) in [5, 5.41) is 6.91. The molecule has 0 aromatic heterocycles. The molecule has 0 atom stereocenters. The predicted molar refractivity (Wildman–Crippen MR) is 93.0 cm³/mol. The summed E-state index contributed by atoms with van der Waals surface area (Å²) >= 11 is 0. The lowest BCUT2D eigenvalue weighted by atomic mass is 9.99. The maximum atomic E-state index is 5.91. The Bertz CT molecular complexity index is 728. The molecule has 0 unspecified atom stereocenters. The zero-order valence-corrected chi connectivity index (χ0v) is 13.4. The summed E-state index contributed by atoms with van der Waals surface area (Å²) in [5.74, 6) is 1.99. The molecule has 4 heteroatoms. The average Bonchev–Trinajstić information content (AvgIpc) is 2.59. The maximum Gasteiger partial charge on any atom is 0.145 e. The second-order valence-corrected chi connectivity index (χ2v) is 6.14. The monoisotopic (exact) mass is 310 g/mol. The number of benzene rings is 2. The molecule has 0 bridgehead atoms. The smallest absolute Gasteiger partial charge is 0.145 e. The number of hydrogen-bond acceptors (Lipinski definition) is 4. The zero-order valence-electron chi connectivity index (χ0n) is 13.4. The van der Waals surface area contributed by atoms with Gasteiger partial charge in [-0.1, -0.05) is 18.2 Å². The number of aryl methyl sites for hydroxylation is 3. The molecule has 4 rings (SSSR count). The lowest BCUT2D eigenvalue weighted by Gasteiger charge is -2.24. The van der Waals surface area contributed by atoms with Gasteiger partial charge in [0.25, 0.3) is 0 Å². The van der Waals surface area contributed by atoms with Gasteiger partial charge in [0.2, 0.25) is 0 Å². The van der Waals surface area contributed by atoms with Crippen LogP contribution in [0.5, 0.6) is 11.5 Å². The SMILES string of the molecule is Cc1cc(CCc2cccc3c2NCCO3)c2c(c1)NCCO2. The molecule has 0 saturated heterocycles. The number of ether oxygens (including phenoxy) is 2. The zero-order chi connectivity index (χ0) is 15.6. The van der Waals surface area contributed by atoms with Gasteiger partial charge in [-0.25, -0.2) is 0 Å². The average molecular weight is 310 g/mol. The molecule has 0 saturated carbocycles. The number of anilines is 2. The highest BCUT2D eigenvalue weighted by molar-refractivity contribution is 5.65. The minimum atomic E-state index is 0.735. The Balaban J connectivity index is 1.59. The number of fused-ring (bicyclic) bond motifs is 2. The molecule has 0 fully saturated rings. The lowest BCUT2D eigenvalue weighted by molar-refractivity contribution is 0.319. The fourth-order valence-electron chi connectivity index (χ4n) is 3.39. The van der Waals surface area contributed by atoms with Crippen LogP contribution in [0.4, 0.5) is 11.4 Å². The van der Waals surface area contributed by atoms with Crippen molar-refractivity contribution in [3.8, 4) is 11.5 Å². The van der Waals surface area contributed by atoms with E-state index in [0.29, 0.717) is 0 Å². The first-order valence-electron chi connectivity index (χ1n) is 8.30. The van der Waals surface area contributed by atoms with Gasteiger partial charge in [-0.05, 0) is 48.6 Å². The quantitative estimate of drug-likeness (QED) is 0.912. The molecule has 2 aliphatic heterocycles. The molecule has 0 aliphatic carbocycles. The van der Waals surface area contributed by atoms with Crippen LogP contribution in [0.3, 0.4) is 0 Å². The molecule has 2 heterocycles. The molecule has 2 aromatic carbocycles. The van der Waals surface area contributed by atoms with Gasteiger partial charge in [0, 0.05) is 13.1 Å². The van der Waals surface area contributed by atoms with Gasteiger partial charge in [0.05, 0.1) is 11.4 Å². The van der Waals surface area contributed by atoms with Crippen molar-refractivity contribution in [2.24, 2.45) is 0 Å². The molecule has 23 heavy (non-hydrogen) atoms. The van der Waals surface area contributed by atoms with Crippen molar-refractivity contribution in [2.45, 2.75) is 19.8 Å². The molecule has 0 spiro atoms. The highest BCUT2D eigenvalue weighted by Crippen LogP contribution is 2.35. The van der Waals surface area contributed by atoms with Crippen molar-refractivity contribution in [2.75, 3.05) is 36.9 Å². The summed E-state index contributed by atoms with van der Waals surface area (Å²) in [6, 6.07) is 10.7. The van der Waals surface area contributed by atoms with Crippen LogP contribution in [-0.2, 0) is 12.8 Å². The lowest BCUT2D eigenvalue weighted by Crippen LogP contribution is -2.20. The highest BCUT2D eigenvalue weighted by Gasteiger charge is 2.17. The largest absolute Gasteiger partial charge is 0.490 e. The van der Waals surface area contributed by atoms with Crippen LogP contribution >= 0.6 is 0 Å². The summed E-state index contributed by atoms with van der Waals surface area (Å²) in [5.41, 5.74) is 6.14. The van der Waals surface area contributed by atoms with Crippen LogP contribution in [0, 0.1) is 6.92 Å². The van der Waals surface area contributed by atoms with Crippen molar-refractivity contribution in [1.29, 1.82) is 0 Å². The standard InChI is InChI=1S/C19H22N2O2/c1-13-11-15(19-16(12-13)20-7-10-23-19)6-5-14-3-2-4-17-18(14)21-8-9-22-17/h2-4,11-12,20-21H,5-10H2,1H3. The topological polar surface area (TPSA) is 42.5 Å². The van der Waals surface area contributed by atoms with E-state index in [1.54, 1.807) is 0 Å². The molecule has 2 aromatic rings. The van der Waals surface area contributed by atoms with Gasteiger partial charge in [0.1, 0.15) is 24.7 Å². The third kappa shape index (κ3) is 2.81. The van der Waals surface area contributed by atoms with E-state index in [1.807, 2.05) is 6.07 Å². The van der Waals surface area contributed by atoms with E-state index in [9.17, 15) is 0 Å². The third-order valence-corrected chi connectivity index (χ3v) is 4.41. The Labute approximate surface area is 136 Å². The molecule has 0 amide bonds. The van der Waals surface area contributed by atoms with Gasteiger partial charge >= 0.3 is 0 Å². The minimum absolute atomic E-state index is 0.735. The van der Waals surface area contributed by atoms with Crippen molar-refractivity contribution in [3.05, 3.63) is 47.0 Å². The van der Waals surface area contributed by atoms with E-state index in [0.717, 1.165) is 62.0 Å². The van der Waals surface area contributed by atoms with E-state index in [1.165, 1.54) is 16.7 Å². The van der Waals surface area contributed by atoms with Crippen LogP contribution in [0.15, 0.2) is 30.3 Å². The summed E-state index contributed by atoms with van der Waals surface area (Å²) in [6.45, 7) is 5.36. The maximum absolute atomic E-state index is 5.91. The van der Waals surface area contributed by atoms with E-state index in [-0.39, 0.29) is 0 Å². The first-order chi connectivity index (χ1) is 11.3. The van der Waals surface area contributed by atoms with Crippen LogP contribution in [0.1, 0.15) is 16.7 Å². The van der Waals surface area contributed by atoms with E-state index in [2.05, 4.69) is 41.8 Å². The summed E-state index contributed by atoms with van der Waals surface area (Å²) < 4.78 is 11.6. The highest BCUT2D eigenvalue weighted by atomic mass is 16.5. The van der Waals surface area contributed by atoms with E-state index >= 15 is 0 Å². The first-order valence-corrected chi connectivity index (χ1v) is 8.30. The molecular formula is C19H22N2O2. The molecule has 2 N–H and O–H groups in total. The van der Waals surface area contributed by atoms with E-state index in [4.69, 9.17) is 9.47 Å². The van der Waals surface area contributed by atoms with Crippen molar-refractivity contribution in [3.63, 3.8) is 0 Å². The van der Waals surface area contributed by atoms with Gasteiger partial charge in [-0.2, -0.15) is 0 Å². The molecule has 4 nitrogen and oxygen atoms in total. The molecule has 0 radical (unpaired) electrons. The Morgan fingerprint density at radius 3 is 2.74 bits per heavy atom. The van der Waals surface area contributed by atoms with Crippen LogP contribution in [0.2, 0.25) is 0 Å². The summed E-state index contributed by atoms with van der Waals surface area (Å²) in [7, 11) is 0. The van der Waals surface area contributed by atoms with Crippen molar-refractivity contribution < 1.29 is 9.47 Å². The molecular weight excluding hydrogens is 288 g/mol. The Morgan fingerprint density at radius 1 is 0.957 bits per heavy atom. The van der Waals surface area contributed by atoms with Crippen LogP contribution in [-0.4, -0.2) is 26.3 Å². The van der Waals surface area contributed by atoms with Gasteiger partial charge < -0.3 is 20.1 Å². The molecule has 120 valence electrons. The fraction of sp³-hybridized carbons (Fsp3) is 0.368. The van der Waals surface area contributed by atoms with Gasteiger partial charge in [0.15, 0.2) is 0 Å². The Morgan fingerprint density at radius 2 is 1.78 bits per heavy atom. The van der Waals surface area contributed by atoms with Crippen molar-refractivity contribution >= 4 is 11.4 Å².